The Morgan fingerprint density at radius 1 is 1.24 bits per heavy atom. The Kier molecular flexibility index (Phi) is 4.54. The summed E-state index contributed by atoms with van der Waals surface area (Å²) < 4.78 is 5.39. The van der Waals surface area contributed by atoms with Crippen molar-refractivity contribution < 1.29 is 4.52 Å². The van der Waals surface area contributed by atoms with E-state index in [-0.39, 0.29) is 0 Å². The SMILES string of the molecule is CC(C)NCc1noc(C2CCCCCC2)n1. The Morgan fingerprint density at radius 3 is 2.59 bits per heavy atom. The molecule has 1 N–H and O–H groups in total. The fraction of sp³-hybridized carbons (Fsp3) is 0.846. The van der Waals surface area contributed by atoms with Crippen molar-refractivity contribution in [1.82, 2.24) is 15.5 Å². The zero-order chi connectivity index (χ0) is 12.1. The average molecular weight is 237 g/mol. The Hall–Kier alpha value is -0.900. The van der Waals surface area contributed by atoms with Gasteiger partial charge in [-0.05, 0) is 12.8 Å². The molecule has 1 aromatic rings. The van der Waals surface area contributed by atoms with Gasteiger partial charge >= 0.3 is 0 Å². The molecule has 0 unspecified atom stereocenters. The zero-order valence-corrected chi connectivity index (χ0v) is 10.9. The monoisotopic (exact) mass is 237 g/mol. The van der Waals surface area contributed by atoms with Crippen LogP contribution in [0.1, 0.15) is 70.0 Å². The van der Waals surface area contributed by atoms with Crippen LogP contribution in [0.5, 0.6) is 0 Å². The first-order valence-electron chi connectivity index (χ1n) is 6.81. The van der Waals surface area contributed by atoms with Gasteiger partial charge < -0.3 is 9.84 Å². The third-order valence-corrected chi connectivity index (χ3v) is 3.36. The third kappa shape index (κ3) is 3.80. The van der Waals surface area contributed by atoms with Gasteiger partial charge in [0.2, 0.25) is 5.89 Å². The van der Waals surface area contributed by atoms with Crippen LogP contribution >= 0.6 is 0 Å². The molecule has 0 spiro atoms. The number of hydrogen-bond acceptors (Lipinski definition) is 4. The highest BCUT2D eigenvalue weighted by atomic mass is 16.5. The van der Waals surface area contributed by atoms with E-state index in [1.165, 1.54) is 38.5 Å². The van der Waals surface area contributed by atoms with Gasteiger partial charge in [-0.2, -0.15) is 4.98 Å². The van der Waals surface area contributed by atoms with Crippen molar-refractivity contribution >= 4 is 0 Å². The second-order valence-corrected chi connectivity index (χ2v) is 5.27. The topological polar surface area (TPSA) is 51.0 Å². The predicted octanol–water partition coefficient (Wildman–Crippen LogP) is 3.01. The number of hydrogen-bond donors (Lipinski definition) is 1. The molecule has 4 heteroatoms. The summed E-state index contributed by atoms with van der Waals surface area (Å²) in [4.78, 5) is 4.51. The molecular formula is C13H23N3O. The van der Waals surface area contributed by atoms with Gasteiger partial charge in [-0.15, -0.1) is 0 Å². The van der Waals surface area contributed by atoms with E-state index in [9.17, 15) is 0 Å². The Bertz CT molecular complexity index is 327. The second kappa shape index (κ2) is 6.15. The summed E-state index contributed by atoms with van der Waals surface area (Å²) >= 11 is 0. The molecule has 1 aliphatic rings. The van der Waals surface area contributed by atoms with Crippen LogP contribution in [0.4, 0.5) is 0 Å². The first-order valence-corrected chi connectivity index (χ1v) is 6.81. The second-order valence-electron chi connectivity index (χ2n) is 5.27. The minimum atomic E-state index is 0.454. The molecule has 0 aliphatic heterocycles. The lowest BCUT2D eigenvalue weighted by Crippen LogP contribution is -2.22. The summed E-state index contributed by atoms with van der Waals surface area (Å²) in [6.45, 7) is 4.94. The molecule has 2 rings (SSSR count). The molecule has 1 fully saturated rings. The lowest BCUT2D eigenvalue weighted by atomic mass is 10.0. The van der Waals surface area contributed by atoms with Crippen LogP contribution in [-0.4, -0.2) is 16.2 Å². The predicted molar refractivity (Wildman–Crippen MR) is 66.7 cm³/mol. The Morgan fingerprint density at radius 2 is 1.94 bits per heavy atom. The summed E-state index contributed by atoms with van der Waals surface area (Å²) in [5.41, 5.74) is 0. The molecule has 1 saturated carbocycles. The molecule has 96 valence electrons. The van der Waals surface area contributed by atoms with Crippen molar-refractivity contribution in [3.63, 3.8) is 0 Å². The number of aromatic nitrogens is 2. The van der Waals surface area contributed by atoms with Crippen LogP contribution in [-0.2, 0) is 6.54 Å². The van der Waals surface area contributed by atoms with Crippen LogP contribution in [0, 0.1) is 0 Å². The standard InChI is InChI=1S/C13H23N3O/c1-10(2)14-9-12-15-13(17-16-12)11-7-5-3-4-6-8-11/h10-11,14H,3-9H2,1-2H3. The minimum Gasteiger partial charge on any atom is -0.339 e. The Labute approximate surface area is 103 Å². The van der Waals surface area contributed by atoms with Crippen molar-refractivity contribution in [3.05, 3.63) is 11.7 Å². The molecule has 1 heterocycles. The van der Waals surface area contributed by atoms with Gasteiger partial charge in [-0.25, -0.2) is 0 Å². The van der Waals surface area contributed by atoms with Crippen molar-refractivity contribution in [2.75, 3.05) is 0 Å². The fourth-order valence-corrected chi connectivity index (χ4v) is 2.33. The lowest BCUT2D eigenvalue weighted by molar-refractivity contribution is 0.336. The van der Waals surface area contributed by atoms with Crippen molar-refractivity contribution in [2.45, 2.75) is 70.9 Å². The Balaban J connectivity index is 1.92. The first kappa shape index (κ1) is 12.6. The summed E-state index contributed by atoms with van der Waals surface area (Å²) in [6, 6.07) is 0.454. The molecular weight excluding hydrogens is 214 g/mol. The molecule has 1 aromatic heterocycles. The highest BCUT2D eigenvalue weighted by molar-refractivity contribution is 4.94. The van der Waals surface area contributed by atoms with Crippen LogP contribution in [0.3, 0.4) is 0 Å². The molecule has 0 aromatic carbocycles. The van der Waals surface area contributed by atoms with Gasteiger partial charge in [-0.3, -0.25) is 0 Å². The first-order chi connectivity index (χ1) is 8.25. The summed E-state index contributed by atoms with van der Waals surface area (Å²) in [5, 5.41) is 7.35. The highest BCUT2D eigenvalue weighted by Crippen LogP contribution is 2.30. The largest absolute Gasteiger partial charge is 0.339 e. The molecule has 0 bridgehead atoms. The highest BCUT2D eigenvalue weighted by Gasteiger charge is 2.20. The van der Waals surface area contributed by atoms with E-state index in [4.69, 9.17) is 4.52 Å². The van der Waals surface area contributed by atoms with E-state index in [1.807, 2.05) is 0 Å². The van der Waals surface area contributed by atoms with Crippen LogP contribution in [0.15, 0.2) is 4.52 Å². The van der Waals surface area contributed by atoms with E-state index in [1.54, 1.807) is 0 Å². The third-order valence-electron chi connectivity index (χ3n) is 3.36. The van der Waals surface area contributed by atoms with E-state index >= 15 is 0 Å². The summed E-state index contributed by atoms with van der Waals surface area (Å²) in [7, 11) is 0. The van der Waals surface area contributed by atoms with Crippen molar-refractivity contribution in [1.29, 1.82) is 0 Å². The zero-order valence-electron chi connectivity index (χ0n) is 10.9. The summed E-state index contributed by atoms with van der Waals surface area (Å²) in [6.07, 6.45) is 7.72. The van der Waals surface area contributed by atoms with Crippen molar-refractivity contribution in [2.24, 2.45) is 0 Å². The molecule has 0 amide bonds. The molecule has 0 saturated heterocycles. The van der Waals surface area contributed by atoms with Crippen LogP contribution in [0.2, 0.25) is 0 Å². The van der Waals surface area contributed by atoms with Gasteiger partial charge in [0.1, 0.15) is 0 Å². The molecule has 1 aliphatic carbocycles. The van der Waals surface area contributed by atoms with Gasteiger partial charge in [-0.1, -0.05) is 44.7 Å². The van der Waals surface area contributed by atoms with Gasteiger partial charge in [0.25, 0.3) is 0 Å². The van der Waals surface area contributed by atoms with Gasteiger partial charge in [0.15, 0.2) is 5.82 Å². The minimum absolute atomic E-state index is 0.454. The van der Waals surface area contributed by atoms with Gasteiger partial charge in [0, 0.05) is 12.0 Å². The van der Waals surface area contributed by atoms with Crippen molar-refractivity contribution in [3.8, 4) is 0 Å². The van der Waals surface area contributed by atoms with Gasteiger partial charge in [0.05, 0.1) is 6.54 Å². The van der Waals surface area contributed by atoms with E-state index in [2.05, 4.69) is 29.3 Å². The average Bonchev–Trinajstić information content (AvgIpc) is 2.60. The molecule has 4 nitrogen and oxygen atoms in total. The molecule has 17 heavy (non-hydrogen) atoms. The van der Waals surface area contributed by atoms with Crippen LogP contribution in [0.25, 0.3) is 0 Å². The maximum absolute atomic E-state index is 5.39. The quantitative estimate of drug-likeness (QED) is 0.818. The fourth-order valence-electron chi connectivity index (χ4n) is 2.33. The summed E-state index contributed by atoms with van der Waals surface area (Å²) in [5.74, 6) is 2.14. The normalized spacial score (nSPS) is 18.5. The van der Waals surface area contributed by atoms with E-state index < -0.39 is 0 Å². The maximum Gasteiger partial charge on any atom is 0.229 e. The molecule has 0 radical (unpaired) electrons. The number of rotatable bonds is 4. The lowest BCUT2D eigenvalue weighted by Gasteiger charge is -2.07. The number of nitrogens with zero attached hydrogens (tertiary/aromatic N) is 2. The van der Waals surface area contributed by atoms with Crippen LogP contribution < -0.4 is 5.32 Å². The number of nitrogens with one attached hydrogen (secondary N) is 1. The molecule has 0 atom stereocenters. The smallest absolute Gasteiger partial charge is 0.229 e. The van der Waals surface area contributed by atoms with E-state index in [0.717, 1.165) is 11.7 Å². The van der Waals surface area contributed by atoms with E-state index in [0.29, 0.717) is 18.5 Å². The maximum atomic E-state index is 5.39.